The fourth-order valence-corrected chi connectivity index (χ4v) is 1.35. The van der Waals surface area contributed by atoms with Crippen LogP contribution in [-0.4, -0.2) is 11.1 Å². The molecule has 2 nitrogen and oxygen atoms in total. The maximum absolute atomic E-state index is 5.61. The Morgan fingerprint density at radius 1 is 1.43 bits per heavy atom. The van der Waals surface area contributed by atoms with Gasteiger partial charge in [0.05, 0.1) is 11.7 Å². The van der Waals surface area contributed by atoms with Crippen molar-refractivity contribution in [2.45, 2.75) is 26.9 Å². The highest BCUT2D eigenvalue weighted by Crippen LogP contribution is 2.21. The average molecular weight is 209 g/mol. The van der Waals surface area contributed by atoms with Crippen LogP contribution in [0.4, 0.5) is 0 Å². The zero-order valence-electron chi connectivity index (χ0n) is 8.70. The van der Waals surface area contributed by atoms with Crippen LogP contribution in [0, 0.1) is 6.92 Å². The maximum atomic E-state index is 5.61. The van der Waals surface area contributed by atoms with E-state index in [9.17, 15) is 0 Å². The van der Waals surface area contributed by atoms with Crippen molar-refractivity contribution >= 4 is 17.2 Å². The number of nitrogens with two attached hydrogens (primary N) is 1. The minimum atomic E-state index is 0.130. The maximum Gasteiger partial charge on any atom is 0.129 e. The Morgan fingerprint density at radius 3 is 2.57 bits per heavy atom. The third kappa shape index (κ3) is 2.70. The Morgan fingerprint density at radius 2 is 2.07 bits per heavy atom. The van der Waals surface area contributed by atoms with Crippen LogP contribution < -0.4 is 10.5 Å². The molecule has 1 aromatic rings. The third-order valence-corrected chi connectivity index (χ3v) is 1.98. The van der Waals surface area contributed by atoms with Gasteiger partial charge in [0, 0.05) is 0 Å². The second-order valence-electron chi connectivity index (χ2n) is 3.53. The van der Waals surface area contributed by atoms with E-state index in [1.807, 2.05) is 39.0 Å². The lowest BCUT2D eigenvalue weighted by molar-refractivity contribution is 0.242. The number of rotatable bonds is 3. The quantitative estimate of drug-likeness (QED) is 0.776. The summed E-state index contributed by atoms with van der Waals surface area (Å²) in [4.78, 5) is 0.379. The molecule has 76 valence electrons. The number of benzene rings is 1. The summed E-state index contributed by atoms with van der Waals surface area (Å²) in [5.41, 5.74) is 7.55. The minimum Gasteiger partial charge on any atom is -0.490 e. The van der Waals surface area contributed by atoms with Gasteiger partial charge in [-0.2, -0.15) is 0 Å². The van der Waals surface area contributed by atoms with Crippen LogP contribution >= 0.6 is 12.2 Å². The molecule has 0 radical (unpaired) electrons. The van der Waals surface area contributed by atoms with E-state index in [0.29, 0.717) is 4.99 Å². The first-order valence-electron chi connectivity index (χ1n) is 4.58. The zero-order valence-corrected chi connectivity index (χ0v) is 9.52. The van der Waals surface area contributed by atoms with Crippen LogP contribution in [0.25, 0.3) is 0 Å². The van der Waals surface area contributed by atoms with Gasteiger partial charge in [0.15, 0.2) is 0 Å². The van der Waals surface area contributed by atoms with Crippen molar-refractivity contribution in [1.29, 1.82) is 0 Å². The summed E-state index contributed by atoms with van der Waals surface area (Å²) in [5.74, 6) is 0.762. The van der Waals surface area contributed by atoms with Crippen molar-refractivity contribution in [2.24, 2.45) is 5.73 Å². The number of hydrogen-bond donors (Lipinski definition) is 1. The van der Waals surface area contributed by atoms with Gasteiger partial charge in [-0.05, 0) is 32.9 Å². The second kappa shape index (κ2) is 4.42. The van der Waals surface area contributed by atoms with Gasteiger partial charge in [-0.1, -0.05) is 23.8 Å². The molecule has 0 atom stereocenters. The van der Waals surface area contributed by atoms with Crippen molar-refractivity contribution in [3.63, 3.8) is 0 Å². The van der Waals surface area contributed by atoms with Crippen LogP contribution in [0.2, 0.25) is 0 Å². The van der Waals surface area contributed by atoms with Crippen LogP contribution in [0.3, 0.4) is 0 Å². The van der Waals surface area contributed by atoms with E-state index in [0.717, 1.165) is 16.9 Å². The Hall–Kier alpha value is -1.09. The average Bonchev–Trinajstić information content (AvgIpc) is 2.07. The first-order valence-corrected chi connectivity index (χ1v) is 4.98. The third-order valence-electron chi connectivity index (χ3n) is 1.76. The lowest BCUT2D eigenvalue weighted by Gasteiger charge is -2.13. The topological polar surface area (TPSA) is 35.2 Å². The molecule has 3 heteroatoms. The number of thiocarbonyl (C=S) groups is 1. The summed E-state index contributed by atoms with van der Waals surface area (Å²) in [6.07, 6.45) is 0.130. The molecule has 0 aliphatic heterocycles. The molecule has 0 spiro atoms. The van der Waals surface area contributed by atoms with E-state index in [2.05, 4.69) is 0 Å². The first-order chi connectivity index (χ1) is 6.50. The van der Waals surface area contributed by atoms with E-state index in [4.69, 9.17) is 22.7 Å². The van der Waals surface area contributed by atoms with Crippen LogP contribution in [-0.2, 0) is 0 Å². The minimum absolute atomic E-state index is 0.130. The van der Waals surface area contributed by atoms with E-state index in [-0.39, 0.29) is 6.10 Å². The predicted molar refractivity (Wildman–Crippen MR) is 62.8 cm³/mol. The molecule has 0 saturated heterocycles. The van der Waals surface area contributed by atoms with Gasteiger partial charge in [0.1, 0.15) is 10.7 Å². The van der Waals surface area contributed by atoms with Crippen molar-refractivity contribution in [2.75, 3.05) is 0 Å². The second-order valence-corrected chi connectivity index (χ2v) is 3.97. The van der Waals surface area contributed by atoms with Gasteiger partial charge < -0.3 is 10.5 Å². The van der Waals surface area contributed by atoms with Crippen molar-refractivity contribution in [3.05, 3.63) is 29.3 Å². The molecule has 0 saturated carbocycles. The monoisotopic (exact) mass is 209 g/mol. The van der Waals surface area contributed by atoms with E-state index in [1.165, 1.54) is 0 Å². The molecule has 2 N–H and O–H groups in total. The van der Waals surface area contributed by atoms with Crippen molar-refractivity contribution in [3.8, 4) is 5.75 Å². The number of aryl methyl sites for hydroxylation is 1. The molecule has 0 fully saturated rings. The molecule has 1 aromatic carbocycles. The summed E-state index contributed by atoms with van der Waals surface area (Å²) in [7, 11) is 0. The van der Waals surface area contributed by atoms with E-state index in [1.54, 1.807) is 0 Å². The summed E-state index contributed by atoms with van der Waals surface area (Å²) < 4.78 is 5.59. The molecule has 14 heavy (non-hydrogen) atoms. The number of hydrogen-bond acceptors (Lipinski definition) is 2. The Kier molecular flexibility index (Phi) is 3.47. The highest BCUT2D eigenvalue weighted by molar-refractivity contribution is 7.80. The highest BCUT2D eigenvalue weighted by atomic mass is 32.1. The van der Waals surface area contributed by atoms with Gasteiger partial charge in [-0.25, -0.2) is 0 Å². The van der Waals surface area contributed by atoms with Gasteiger partial charge in [-0.15, -0.1) is 0 Å². The summed E-state index contributed by atoms with van der Waals surface area (Å²) in [6.45, 7) is 5.95. The largest absolute Gasteiger partial charge is 0.490 e. The Bertz CT molecular complexity index is 347. The molecule has 0 unspecified atom stereocenters. The van der Waals surface area contributed by atoms with Gasteiger partial charge in [-0.3, -0.25) is 0 Å². The molecule has 0 aromatic heterocycles. The fraction of sp³-hybridized carbons (Fsp3) is 0.364. The summed E-state index contributed by atoms with van der Waals surface area (Å²) >= 11 is 4.96. The molecule has 0 amide bonds. The predicted octanol–water partition coefficient (Wildman–Crippen LogP) is 2.42. The highest BCUT2D eigenvalue weighted by Gasteiger charge is 2.07. The molecule has 0 heterocycles. The van der Waals surface area contributed by atoms with Crippen LogP contribution in [0.15, 0.2) is 18.2 Å². The molecular weight excluding hydrogens is 194 g/mol. The van der Waals surface area contributed by atoms with E-state index < -0.39 is 0 Å². The van der Waals surface area contributed by atoms with Crippen LogP contribution in [0.5, 0.6) is 5.75 Å². The zero-order chi connectivity index (χ0) is 10.7. The molecule has 1 rings (SSSR count). The van der Waals surface area contributed by atoms with Crippen molar-refractivity contribution in [1.82, 2.24) is 0 Å². The van der Waals surface area contributed by atoms with Gasteiger partial charge in [0.2, 0.25) is 0 Å². The smallest absolute Gasteiger partial charge is 0.129 e. The van der Waals surface area contributed by atoms with Gasteiger partial charge in [0.25, 0.3) is 0 Å². The lowest BCUT2D eigenvalue weighted by Crippen LogP contribution is -2.14. The van der Waals surface area contributed by atoms with Crippen LogP contribution in [0.1, 0.15) is 25.0 Å². The first kappa shape index (κ1) is 11.0. The lowest BCUT2D eigenvalue weighted by atomic mass is 10.1. The Labute approximate surface area is 90.1 Å². The molecule has 0 bridgehead atoms. The number of ether oxygens (including phenoxy) is 1. The molecule has 0 aliphatic rings. The van der Waals surface area contributed by atoms with E-state index >= 15 is 0 Å². The fourth-order valence-electron chi connectivity index (χ4n) is 1.19. The molecular formula is C11H15NOS. The molecule has 0 aliphatic carbocycles. The Balaban J connectivity index is 3.08. The standard InChI is InChI=1S/C11H15NOS/c1-7(2)13-10-5-4-8(3)6-9(10)11(12)14/h4-7H,1-3H3,(H2,12,14). The summed E-state index contributed by atoms with van der Waals surface area (Å²) in [6, 6.07) is 5.84. The SMILES string of the molecule is Cc1ccc(OC(C)C)c(C(N)=S)c1. The normalized spacial score (nSPS) is 10.3. The van der Waals surface area contributed by atoms with Crippen molar-refractivity contribution < 1.29 is 4.74 Å². The van der Waals surface area contributed by atoms with Gasteiger partial charge >= 0.3 is 0 Å². The summed E-state index contributed by atoms with van der Waals surface area (Å²) in [5, 5.41) is 0.